The SMILES string of the molecule is CCCCCCSc1nc(-c2ccccc2O)nc(-c2cc3ccccc3c3ccccc23)n1. The summed E-state index contributed by atoms with van der Waals surface area (Å²) in [7, 11) is 0. The predicted molar refractivity (Wildman–Crippen MR) is 142 cm³/mol. The van der Waals surface area contributed by atoms with Crippen molar-refractivity contribution in [2.75, 3.05) is 5.75 Å². The monoisotopic (exact) mass is 465 g/mol. The average molecular weight is 466 g/mol. The Morgan fingerprint density at radius 3 is 2.15 bits per heavy atom. The van der Waals surface area contributed by atoms with E-state index < -0.39 is 0 Å². The molecule has 5 heteroatoms. The minimum atomic E-state index is 0.168. The maximum Gasteiger partial charge on any atom is 0.191 e. The van der Waals surface area contributed by atoms with E-state index in [9.17, 15) is 5.11 Å². The van der Waals surface area contributed by atoms with Crippen molar-refractivity contribution in [1.82, 2.24) is 15.0 Å². The molecule has 0 saturated heterocycles. The molecule has 0 fully saturated rings. The van der Waals surface area contributed by atoms with Gasteiger partial charge in [-0.25, -0.2) is 15.0 Å². The number of unbranched alkanes of at least 4 members (excludes halogenated alkanes) is 3. The van der Waals surface area contributed by atoms with Gasteiger partial charge < -0.3 is 5.11 Å². The van der Waals surface area contributed by atoms with E-state index in [2.05, 4.69) is 61.5 Å². The summed E-state index contributed by atoms with van der Waals surface area (Å²) in [5, 5.41) is 15.8. The Balaban J connectivity index is 1.66. The van der Waals surface area contributed by atoms with Crippen LogP contribution >= 0.6 is 11.8 Å². The molecule has 0 aliphatic carbocycles. The summed E-state index contributed by atoms with van der Waals surface area (Å²) in [5.41, 5.74) is 1.59. The molecule has 1 heterocycles. The lowest BCUT2D eigenvalue weighted by atomic mass is 9.97. The highest BCUT2D eigenvalue weighted by atomic mass is 32.2. The van der Waals surface area contributed by atoms with Gasteiger partial charge in [-0.05, 0) is 46.2 Å². The Labute approximate surface area is 204 Å². The number of hydrogen-bond donors (Lipinski definition) is 1. The second-order valence-electron chi connectivity index (χ2n) is 8.38. The molecule has 1 aromatic heterocycles. The lowest BCUT2D eigenvalue weighted by Gasteiger charge is -2.12. The number of benzene rings is 4. The third kappa shape index (κ3) is 4.62. The molecule has 34 heavy (non-hydrogen) atoms. The van der Waals surface area contributed by atoms with E-state index in [1.54, 1.807) is 23.9 Å². The number of phenols is 1. The van der Waals surface area contributed by atoms with Gasteiger partial charge in [0.2, 0.25) is 0 Å². The normalized spacial score (nSPS) is 11.3. The molecule has 0 spiro atoms. The Kier molecular flexibility index (Phi) is 6.72. The lowest BCUT2D eigenvalue weighted by molar-refractivity contribution is 0.477. The first kappa shape index (κ1) is 22.4. The van der Waals surface area contributed by atoms with Crippen molar-refractivity contribution in [3.8, 4) is 28.5 Å². The molecule has 0 radical (unpaired) electrons. The van der Waals surface area contributed by atoms with E-state index in [-0.39, 0.29) is 5.75 Å². The van der Waals surface area contributed by atoms with Gasteiger partial charge in [-0.2, -0.15) is 0 Å². The molecule has 0 bridgehead atoms. The molecular weight excluding hydrogens is 438 g/mol. The fraction of sp³-hybridized carbons (Fsp3) is 0.207. The second kappa shape index (κ2) is 10.2. The second-order valence-corrected chi connectivity index (χ2v) is 9.44. The first-order valence-electron chi connectivity index (χ1n) is 11.8. The fourth-order valence-corrected chi connectivity index (χ4v) is 5.09. The highest BCUT2D eigenvalue weighted by Crippen LogP contribution is 2.35. The van der Waals surface area contributed by atoms with E-state index >= 15 is 0 Å². The van der Waals surface area contributed by atoms with Crippen molar-refractivity contribution in [3.63, 3.8) is 0 Å². The van der Waals surface area contributed by atoms with E-state index in [1.807, 2.05) is 12.1 Å². The van der Waals surface area contributed by atoms with Gasteiger partial charge in [0.05, 0.1) is 5.56 Å². The molecule has 4 aromatic carbocycles. The Hall–Kier alpha value is -3.44. The number of aromatic nitrogens is 3. The van der Waals surface area contributed by atoms with Crippen LogP contribution < -0.4 is 0 Å². The van der Waals surface area contributed by atoms with Crippen molar-refractivity contribution in [2.45, 2.75) is 37.8 Å². The molecule has 5 aromatic rings. The number of nitrogens with zero attached hydrogens (tertiary/aromatic N) is 3. The van der Waals surface area contributed by atoms with Gasteiger partial charge in [0.25, 0.3) is 0 Å². The minimum absolute atomic E-state index is 0.168. The Morgan fingerprint density at radius 2 is 1.35 bits per heavy atom. The molecule has 0 unspecified atom stereocenters. The van der Waals surface area contributed by atoms with Crippen LogP contribution in [0.5, 0.6) is 5.75 Å². The van der Waals surface area contributed by atoms with Crippen molar-refractivity contribution in [1.29, 1.82) is 0 Å². The van der Waals surface area contributed by atoms with E-state index in [0.29, 0.717) is 22.4 Å². The minimum Gasteiger partial charge on any atom is -0.507 e. The summed E-state index contributed by atoms with van der Waals surface area (Å²) < 4.78 is 0. The van der Waals surface area contributed by atoms with Crippen LogP contribution in [-0.2, 0) is 0 Å². The summed E-state index contributed by atoms with van der Waals surface area (Å²) in [6.45, 7) is 2.22. The standard InChI is InChI=1S/C29H27N3OS/c1-2-3-4-11-18-34-29-31-27(24-16-9-10-17-26(24)33)30-28(32-29)25-19-20-12-5-6-13-21(20)22-14-7-8-15-23(22)25/h5-10,12-17,19,33H,2-4,11,18H2,1H3. The number of rotatable bonds is 8. The van der Waals surface area contributed by atoms with Crippen LogP contribution in [0.1, 0.15) is 32.6 Å². The van der Waals surface area contributed by atoms with Crippen molar-refractivity contribution in [3.05, 3.63) is 78.9 Å². The third-order valence-electron chi connectivity index (χ3n) is 6.00. The van der Waals surface area contributed by atoms with Crippen molar-refractivity contribution in [2.24, 2.45) is 0 Å². The summed E-state index contributed by atoms with van der Waals surface area (Å²) in [5.74, 6) is 2.26. The quantitative estimate of drug-likeness (QED) is 0.143. The number of aromatic hydroxyl groups is 1. The van der Waals surface area contributed by atoms with Gasteiger partial charge in [-0.1, -0.05) is 98.6 Å². The first-order chi connectivity index (χ1) is 16.7. The van der Waals surface area contributed by atoms with Gasteiger partial charge in [-0.15, -0.1) is 0 Å². The van der Waals surface area contributed by atoms with Gasteiger partial charge >= 0.3 is 0 Å². The summed E-state index contributed by atoms with van der Waals surface area (Å²) in [6.07, 6.45) is 4.80. The molecule has 4 nitrogen and oxygen atoms in total. The van der Waals surface area contributed by atoms with Crippen LogP contribution in [0, 0.1) is 0 Å². The third-order valence-corrected chi connectivity index (χ3v) is 6.93. The maximum atomic E-state index is 10.5. The summed E-state index contributed by atoms with van der Waals surface area (Å²) >= 11 is 1.66. The molecule has 5 rings (SSSR count). The van der Waals surface area contributed by atoms with Crippen LogP contribution in [0.4, 0.5) is 0 Å². The van der Waals surface area contributed by atoms with Gasteiger partial charge in [0.15, 0.2) is 16.8 Å². The molecule has 170 valence electrons. The molecule has 0 aliphatic heterocycles. The topological polar surface area (TPSA) is 58.9 Å². The van der Waals surface area contributed by atoms with E-state index in [4.69, 9.17) is 15.0 Å². The van der Waals surface area contributed by atoms with Gasteiger partial charge in [0, 0.05) is 11.3 Å². The molecular formula is C29H27N3OS. The molecule has 0 saturated carbocycles. The predicted octanol–water partition coefficient (Wildman–Crippen LogP) is 7.89. The van der Waals surface area contributed by atoms with E-state index in [0.717, 1.165) is 28.5 Å². The largest absolute Gasteiger partial charge is 0.507 e. The maximum absolute atomic E-state index is 10.5. The first-order valence-corrected chi connectivity index (χ1v) is 12.8. The summed E-state index contributed by atoms with van der Waals surface area (Å²) in [4.78, 5) is 14.5. The number of phenolic OH excluding ortho intramolecular Hbond substituents is 1. The smallest absolute Gasteiger partial charge is 0.191 e. The average Bonchev–Trinajstić information content (AvgIpc) is 2.88. The van der Waals surface area contributed by atoms with Crippen molar-refractivity contribution >= 4 is 33.3 Å². The molecule has 0 aliphatic rings. The molecule has 0 amide bonds. The highest BCUT2D eigenvalue weighted by molar-refractivity contribution is 7.99. The number of hydrogen-bond acceptors (Lipinski definition) is 5. The Bertz CT molecular complexity index is 1450. The zero-order valence-electron chi connectivity index (χ0n) is 19.2. The van der Waals surface area contributed by atoms with Crippen LogP contribution in [0.15, 0.2) is 84.0 Å². The van der Waals surface area contributed by atoms with E-state index in [1.165, 1.54) is 30.0 Å². The summed E-state index contributed by atoms with van der Waals surface area (Å²) in [6, 6.07) is 26.2. The molecule has 1 N–H and O–H groups in total. The van der Waals surface area contributed by atoms with Crippen molar-refractivity contribution < 1.29 is 5.11 Å². The van der Waals surface area contributed by atoms with Crippen LogP contribution in [0.25, 0.3) is 44.3 Å². The lowest BCUT2D eigenvalue weighted by Crippen LogP contribution is -2.00. The van der Waals surface area contributed by atoms with Gasteiger partial charge in [0.1, 0.15) is 5.75 Å². The number of fused-ring (bicyclic) bond motifs is 3. The van der Waals surface area contributed by atoms with Crippen LogP contribution in [-0.4, -0.2) is 25.8 Å². The van der Waals surface area contributed by atoms with Crippen LogP contribution in [0.2, 0.25) is 0 Å². The fourth-order valence-electron chi connectivity index (χ4n) is 4.26. The molecule has 0 atom stereocenters. The Morgan fingerprint density at radius 1 is 0.676 bits per heavy atom. The zero-order valence-corrected chi connectivity index (χ0v) is 20.1. The van der Waals surface area contributed by atoms with Crippen LogP contribution in [0.3, 0.4) is 0 Å². The number of thioether (sulfide) groups is 1. The zero-order chi connectivity index (χ0) is 23.3. The highest BCUT2D eigenvalue weighted by Gasteiger charge is 2.16. The number of para-hydroxylation sites is 1. The van der Waals surface area contributed by atoms with Gasteiger partial charge in [-0.3, -0.25) is 0 Å².